The summed E-state index contributed by atoms with van der Waals surface area (Å²) in [6.45, 7) is 3.73. The first-order valence-electron chi connectivity index (χ1n) is 8.25. The van der Waals surface area contributed by atoms with Crippen LogP contribution in [0.15, 0.2) is 12.1 Å². The highest BCUT2D eigenvalue weighted by molar-refractivity contribution is 5.92. The third kappa shape index (κ3) is 6.62. The summed E-state index contributed by atoms with van der Waals surface area (Å²) in [5.41, 5.74) is 0.977. The second-order valence-electron chi connectivity index (χ2n) is 5.34. The van der Waals surface area contributed by atoms with Gasteiger partial charge in [0.15, 0.2) is 6.61 Å². The molecule has 1 aromatic rings. The van der Waals surface area contributed by atoms with Crippen LogP contribution < -0.4 is 14.8 Å². The molecule has 0 saturated carbocycles. The standard InChI is InChI=1S/C18H25NO7/c1-5-25-17(21)7-6-8-19-16(20)11-26-18(22)13-9-14(23-3)12(2)15(10-13)24-4/h9-10H,5-8,11H2,1-4H3,(H,19,20). The average Bonchev–Trinajstić information content (AvgIpc) is 2.63. The highest BCUT2D eigenvalue weighted by atomic mass is 16.5. The van der Waals surface area contributed by atoms with Crippen molar-refractivity contribution in [2.24, 2.45) is 0 Å². The SMILES string of the molecule is CCOC(=O)CCCNC(=O)COC(=O)c1cc(OC)c(C)c(OC)c1. The molecule has 0 aliphatic carbocycles. The number of benzene rings is 1. The van der Waals surface area contributed by atoms with Gasteiger partial charge in [-0.3, -0.25) is 9.59 Å². The Morgan fingerprint density at radius 3 is 2.19 bits per heavy atom. The number of ether oxygens (including phenoxy) is 4. The summed E-state index contributed by atoms with van der Waals surface area (Å²) < 4.78 is 20.2. The number of rotatable bonds is 10. The summed E-state index contributed by atoms with van der Waals surface area (Å²) in [4.78, 5) is 35.0. The topological polar surface area (TPSA) is 100 Å². The lowest BCUT2D eigenvalue weighted by Crippen LogP contribution is -2.30. The quantitative estimate of drug-likeness (QED) is 0.495. The van der Waals surface area contributed by atoms with Crippen molar-refractivity contribution >= 4 is 17.8 Å². The van der Waals surface area contributed by atoms with Gasteiger partial charge >= 0.3 is 11.9 Å². The van der Waals surface area contributed by atoms with Gasteiger partial charge in [0.2, 0.25) is 0 Å². The van der Waals surface area contributed by atoms with Crippen molar-refractivity contribution in [3.8, 4) is 11.5 Å². The minimum atomic E-state index is -0.664. The fourth-order valence-corrected chi connectivity index (χ4v) is 2.16. The Morgan fingerprint density at radius 2 is 1.65 bits per heavy atom. The summed E-state index contributed by atoms with van der Waals surface area (Å²) in [5, 5.41) is 2.57. The number of hydrogen-bond acceptors (Lipinski definition) is 7. The first kappa shape index (κ1) is 21.3. The van der Waals surface area contributed by atoms with Crippen LogP contribution in [0.2, 0.25) is 0 Å². The Hall–Kier alpha value is -2.77. The minimum absolute atomic E-state index is 0.219. The highest BCUT2D eigenvalue weighted by Crippen LogP contribution is 2.29. The predicted octanol–water partition coefficient (Wildman–Crippen LogP) is 1.63. The number of hydrogen-bond donors (Lipinski definition) is 1. The third-order valence-corrected chi connectivity index (χ3v) is 3.51. The van der Waals surface area contributed by atoms with E-state index in [-0.39, 0.29) is 18.0 Å². The Labute approximate surface area is 152 Å². The molecule has 26 heavy (non-hydrogen) atoms. The number of esters is 2. The van der Waals surface area contributed by atoms with Crippen molar-refractivity contribution in [2.75, 3.05) is 34.0 Å². The van der Waals surface area contributed by atoms with E-state index < -0.39 is 18.5 Å². The van der Waals surface area contributed by atoms with E-state index in [1.807, 2.05) is 0 Å². The second kappa shape index (κ2) is 11.0. The van der Waals surface area contributed by atoms with Crippen molar-refractivity contribution < 1.29 is 33.3 Å². The van der Waals surface area contributed by atoms with Gasteiger partial charge in [0.1, 0.15) is 11.5 Å². The van der Waals surface area contributed by atoms with Gasteiger partial charge in [-0.25, -0.2) is 4.79 Å². The van der Waals surface area contributed by atoms with E-state index in [1.54, 1.807) is 13.8 Å². The van der Waals surface area contributed by atoms with E-state index in [4.69, 9.17) is 18.9 Å². The van der Waals surface area contributed by atoms with E-state index in [9.17, 15) is 14.4 Å². The zero-order chi connectivity index (χ0) is 19.5. The Balaban J connectivity index is 2.46. The average molecular weight is 367 g/mol. The molecule has 0 aromatic heterocycles. The maximum atomic E-state index is 12.1. The van der Waals surface area contributed by atoms with Gasteiger partial charge in [-0.15, -0.1) is 0 Å². The number of amides is 1. The zero-order valence-corrected chi connectivity index (χ0v) is 15.5. The fraction of sp³-hybridized carbons (Fsp3) is 0.500. The van der Waals surface area contributed by atoms with Crippen LogP contribution in [0, 0.1) is 6.92 Å². The molecule has 1 N–H and O–H groups in total. The molecule has 0 bridgehead atoms. The van der Waals surface area contributed by atoms with Gasteiger partial charge in [0.25, 0.3) is 5.91 Å². The molecule has 0 aliphatic rings. The zero-order valence-electron chi connectivity index (χ0n) is 15.5. The first-order valence-corrected chi connectivity index (χ1v) is 8.25. The van der Waals surface area contributed by atoms with Crippen LogP contribution in [0.25, 0.3) is 0 Å². The molecule has 1 amide bonds. The number of nitrogens with one attached hydrogen (secondary N) is 1. The van der Waals surface area contributed by atoms with Crippen LogP contribution in [-0.4, -0.2) is 51.8 Å². The molecule has 8 heteroatoms. The molecule has 0 unspecified atom stereocenters. The maximum Gasteiger partial charge on any atom is 0.338 e. The van der Waals surface area contributed by atoms with E-state index in [0.717, 1.165) is 5.56 Å². The second-order valence-corrected chi connectivity index (χ2v) is 5.34. The Kier molecular flexibility index (Phi) is 8.97. The van der Waals surface area contributed by atoms with Crippen LogP contribution >= 0.6 is 0 Å². The van der Waals surface area contributed by atoms with E-state index in [2.05, 4.69) is 5.32 Å². The van der Waals surface area contributed by atoms with Gasteiger partial charge in [-0.2, -0.15) is 0 Å². The molecule has 0 radical (unpaired) electrons. The molecule has 144 valence electrons. The van der Waals surface area contributed by atoms with Crippen molar-refractivity contribution in [1.82, 2.24) is 5.32 Å². The van der Waals surface area contributed by atoms with Crippen LogP contribution in [0.4, 0.5) is 0 Å². The summed E-state index contributed by atoms with van der Waals surface area (Å²) in [7, 11) is 2.97. The lowest BCUT2D eigenvalue weighted by Gasteiger charge is -2.12. The van der Waals surface area contributed by atoms with Crippen molar-refractivity contribution in [3.05, 3.63) is 23.3 Å². The van der Waals surface area contributed by atoms with E-state index >= 15 is 0 Å². The summed E-state index contributed by atoms with van der Waals surface area (Å²) in [6.07, 6.45) is 0.668. The first-order chi connectivity index (χ1) is 12.4. The fourth-order valence-electron chi connectivity index (χ4n) is 2.16. The lowest BCUT2D eigenvalue weighted by atomic mass is 10.1. The number of carbonyl (C=O) groups is 3. The smallest absolute Gasteiger partial charge is 0.338 e. The predicted molar refractivity (Wildman–Crippen MR) is 93.4 cm³/mol. The summed E-state index contributed by atoms with van der Waals surface area (Å²) >= 11 is 0. The molecule has 8 nitrogen and oxygen atoms in total. The highest BCUT2D eigenvalue weighted by Gasteiger charge is 2.16. The molecular weight excluding hydrogens is 342 g/mol. The largest absolute Gasteiger partial charge is 0.496 e. The minimum Gasteiger partial charge on any atom is -0.496 e. The summed E-state index contributed by atoms with van der Waals surface area (Å²) in [6, 6.07) is 3.05. The van der Waals surface area contributed by atoms with E-state index in [1.165, 1.54) is 26.4 Å². The van der Waals surface area contributed by atoms with Crippen LogP contribution in [0.5, 0.6) is 11.5 Å². The van der Waals surface area contributed by atoms with Crippen LogP contribution in [-0.2, 0) is 19.1 Å². The molecule has 0 heterocycles. The number of carbonyl (C=O) groups excluding carboxylic acids is 3. The molecular formula is C18H25NO7. The van der Waals surface area contributed by atoms with Gasteiger partial charge in [0, 0.05) is 18.5 Å². The van der Waals surface area contributed by atoms with Gasteiger partial charge in [0.05, 0.1) is 26.4 Å². The molecule has 0 saturated heterocycles. The molecule has 0 atom stereocenters. The third-order valence-electron chi connectivity index (χ3n) is 3.51. The summed E-state index contributed by atoms with van der Waals surface area (Å²) in [5.74, 6) is -0.452. The maximum absolute atomic E-state index is 12.1. The van der Waals surface area contributed by atoms with Crippen molar-refractivity contribution in [2.45, 2.75) is 26.7 Å². The van der Waals surface area contributed by atoms with Crippen molar-refractivity contribution in [1.29, 1.82) is 0 Å². The molecule has 1 rings (SSSR count). The van der Waals surface area contributed by atoms with Gasteiger partial charge in [-0.05, 0) is 32.4 Å². The molecule has 1 aromatic carbocycles. The Morgan fingerprint density at radius 1 is 1.04 bits per heavy atom. The molecule has 0 spiro atoms. The molecule has 0 aliphatic heterocycles. The number of methoxy groups -OCH3 is 2. The lowest BCUT2D eigenvalue weighted by molar-refractivity contribution is -0.143. The van der Waals surface area contributed by atoms with Crippen molar-refractivity contribution in [3.63, 3.8) is 0 Å². The monoisotopic (exact) mass is 367 g/mol. The normalized spacial score (nSPS) is 10.0. The van der Waals surface area contributed by atoms with Crippen LogP contribution in [0.1, 0.15) is 35.7 Å². The van der Waals surface area contributed by atoms with Crippen LogP contribution in [0.3, 0.4) is 0 Å². The Bertz CT molecular complexity index is 617. The van der Waals surface area contributed by atoms with E-state index in [0.29, 0.717) is 31.1 Å². The molecule has 0 fully saturated rings. The van der Waals surface area contributed by atoms with Gasteiger partial charge in [-0.1, -0.05) is 0 Å². The van der Waals surface area contributed by atoms with Gasteiger partial charge < -0.3 is 24.3 Å².